The number of likely N-dealkylation sites (tertiary alicyclic amines) is 1. The van der Waals surface area contributed by atoms with Crippen LogP contribution in [0, 0.1) is 0 Å². The fourth-order valence-corrected chi connectivity index (χ4v) is 2.57. The van der Waals surface area contributed by atoms with Crippen molar-refractivity contribution in [1.29, 1.82) is 0 Å². The lowest BCUT2D eigenvalue weighted by Crippen LogP contribution is -2.42. The van der Waals surface area contributed by atoms with Gasteiger partial charge in [0.1, 0.15) is 0 Å². The lowest BCUT2D eigenvalue weighted by Gasteiger charge is -2.39. The first-order valence-electron chi connectivity index (χ1n) is 5.45. The summed E-state index contributed by atoms with van der Waals surface area (Å²) in [6, 6.07) is 10.9. The Bertz CT molecular complexity index is 293. The van der Waals surface area contributed by atoms with Gasteiger partial charge in [-0.05, 0) is 32.0 Å². The van der Waals surface area contributed by atoms with Crippen LogP contribution in [-0.2, 0) is 5.41 Å². The first kappa shape index (κ1) is 9.72. The summed E-state index contributed by atoms with van der Waals surface area (Å²) in [4.78, 5) is 2.44. The molecule has 0 spiro atoms. The number of nitrogens with zero attached hydrogens (tertiary/aromatic N) is 1. The van der Waals surface area contributed by atoms with Crippen molar-refractivity contribution in [2.24, 2.45) is 0 Å². The molecule has 0 unspecified atom stereocenters. The lowest BCUT2D eigenvalue weighted by atomic mass is 9.76. The Kier molecular flexibility index (Phi) is 2.60. The van der Waals surface area contributed by atoms with E-state index >= 15 is 0 Å². The van der Waals surface area contributed by atoms with E-state index in [1.807, 2.05) is 0 Å². The van der Waals surface area contributed by atoms with Gasteiger partial charge in [0.25, 0.3) is 0 Å². The van der Waals surface area contributed by atoms with Crippen LogP contribution in [0.25, 0.3) is 0 Å². The van der Waals surface area contributed by atoms with Crippen molar-refractivity contribution in [3.63, 3.8) is 0 Å². The molecule has 1 fully saturated rings. The second-order valence-corrected chi connectivity index (χ2v) is 4.77. The second-order valence-electron chi connectivity index (χ2n) is 4.77. The zero-order valence-corrected chi connectivity index (χ0v) is 9.16. The van der Waals surface area contributed by atoms with Gasteiger partial charge >= 0.3 is 0 Å². The molecule has 1 heterocycles. The fraction of sp³-hybridized carbons (Fsp3) is 0.538. The summed E-state index contributed by atoms with van der Waals surface area (Å²) in [5.41, 5.74) is 1.86. The predicted molar refractivity (Wildman–Crippen MR) is 60.5 cm³/mol. The Balaban J connectivity index is 2.23. The van der Waals surface area contributed by atoms with E-state index in [1.165, 1.54) is 31.5 Å². The van der Waals surface area contributed by atoms with Gasteiger partial charge in [-0.15, -0.1) is 0 Å². The second kappa shape index (κ2) is 3.74. The van der Waals surface area contributed by atoms with Crippen molar-refractivity contribution in [1.82, 2.24) is 4.90 Å². The molecule has 0 radical (unpaired) electrons. The maximum absolute atomic E-state index is 2.44. The number of hydrogen-bond donors (Lipinski definition) is 0. The molecule has 1 aliphatic heterocycles. The normalized spacial score (nSPS) is 29.0. The topological polar surface area (TPSA) is 3.24 Å². The van der Waals surface area contributed by atoms with Gasteiger partial charge < -0.3 is 4.90 Å². The molecule has 1 heteroatoms. The average Bonchev–Trinajstić information content (AvgIpc) is 2.19. The molecule has 1 saturated heterocycles. The van der Waals surface area contributed by atoms with Gasteiger partial charge in [-0.25, -0.2) is 0 Å². The van der Waals surface area contributed by atoms with E-state index < -0.39 is 0 Å². The van der Waals surface area contributed by atoms with E-state index in [2.05, 4.69) is 49.2 Å². The van der Waals surface area contributed by atoms with Gasteiger partial charge in [0.2, 0.25) is 0 Å². The van der Waals surface area contributed by atoms with Crippen LogP contribution in [0.1, 0.15) is 25.3 Å². The Morgan fingerprint density at radius 3 is 2.57 bits per heavy atom. The fourth-order valence-electron chi connectivity index (χ4n) is 2.57. The van der Waals surface area contributed by atoms with E-state index in [4.69, 9.17) is 0 Å². The molecule has 0 aromatic heterocycles. The van der Waals surface area contributed by atoms with Crippen LogP contribution in [0.3, 0.4) is 0 Å². The largest absolute Gasteiger partial charge is 0.305 e. The summed E-state index contributed by atoms with van der Waals surface area (Å²) in [5, 5.41) is 0. The summed E-state index contributed by atoms with van der Waals surface area (Å²) >= 11 is 0. The number of piperidine rings is 1. The van der Waals surface area contributed by atoms with Gasteiger partial charge in [0.05, 0.1) is 0 Å². The smallest absolute Gasteiger partial charge is 0.00729 e. The standard InChI is InChI=1S/C13H19N/c1-13(9-6-10-14(2)11-13)12-7-4-3-5-8-12/h3-5,7-8H,6,9-11H2,1-2H3/t13-/m1/s1. The van der Waals surface area contributed by atoms with Gasteiger partial charge in [0.15, 0.2) is 0 Å². The van der Waals surface area contributed by atoms with Gasteiger partial charge in [0, 0.05) is 12.0 Å². The Hall–Kier alpha value is -0.820. The number of rotatable bonds is 1. The Morgan fingerprint density at radius 2 is 1.93 bits per heavy atom. The van der Waals surface area contributed by atoms with Crippen molar-refractivity contribution in [3.8, 4) is 0 Å². The highest BCUT2D eigenvalue weighted by molar-refractivity contribution is 5.25. The number of likely N-dealkylation sites (N-methyl/N-ethyl adjacent to an activating group) is 1. The molecule has 1 aromatic carbocycles. The molecule has 0 aliphatic carbocycles. The maximum Gasteiger partial charge on any atom is 0.00729 e. The molecule has 0 bridgehead atoms. The van der Waals surface area contributed by atoms with Crippen LogP contribution in [0.5, 0.6) is 0 Å². The summed E-state index contributed by atoms with van der Waals surface area (Å²) in [6.07, 6.45) is 2.64. The predicted octanol–water partition coefficient (Wildman–Crippen LogP) is 2.67. The summed E-state index contributed by atoms with van der Waals surface area (Å²) in [6.45, 7) is 4.83. The molecular weight excluding hydrogens is 170 g/mol. The maximum atomic E-state index is 2.44. The minimum Gasteiger partial charge on any atom is -0.305 e. The van der Waals surface area contributed by atoms with Crippen molar-refractivity contribution in [2.75, 3.05) is 20.1 Å². The first-order chi connectivity index (χ1) is 6.71. The number of benzene rings is 1. The molecule has 1 atom stereocenters. The summed E-state index contributed by atoms with van der Waals surface area (Å²) < 4.78 is 0. The molecule has 1 aromatic rings. The van der Waals surface area contributed by atoms with Gasteiger partial charge in [-0.2, -0.15) is 0 Å². The Labute approximate surface area is 86.7 Å². The zero-order valence-electron chi connectivity index (χ0n) is 9.16. The minimum atomic E-state index is 0.369. The highest BCUT2D eigenvalue weighted by Gasteiger charge is 2.30. The monoisotopic (exact) mass is 189 g/mol. The summed E-state index contributed by atoms with van der Waals surface area (Å²) in [7, 11) is 2.22. The van der Waals surface area contributed by atoms with E-state index in [0.29, 0.717) is 5.41 Å². The average molecular weight is 189 g/mol. The van der Waals surface area contributed by atoms with Crippen molar-refractivity contribution in [2.45, 2.75) is 25.2 Å². The quantitative estimate of drug-likeness (QED) is 0.656. The van der Waals surface area contributed by atoms with Gasteiger partial charge in [-0.1, -0.05) is 37.3 Å². The molecule has 0 N–H and O–H groups in total. The van der Waals surface area contributed by atoms with Crippen LogP contribution >= 0.6 is 0 Å². The molecular formula is C13H19N. The third-order valence-corrected chi connectivity index (χ3v) is 3.36. The highest BCUT2D eigenvalue weighted by atomic mass is 15.1. The molecule has 2 rings (SSSR count). The zero-order chi connectivity index (χ0) is 10.0. The van der Waals surface area contributed by atoms with Crippen molar-refractivity contribution >= 4 is 0 Å². The lowest BCUT2D eigenvalue weighted by molar-refractivity contribution is 0.188. The first-order valence-corrected chi connectivity index (χ1v) is 5.45. The third-order valence-electron chi connectivity index (χ3n) is 3.36. The Morgan fingerprint density at radius 1 is 1.21 bits per heavy atom. The van der Waals surface area contributed by atoms with Crippen LogP contribution in [0.4, 0.5) is 0 Å². The highest BCUT2D eigenvalue weighted by Crippen LogP contribution is 2.32. The van der Waals surface area contributed by atoms with E-state index in [0.717, 1.165) is 0 Å². The molecule has 1 aliphatic rings. The SMILES string of the molecule is CN1CCC[C@@](C)(c2ccccc2)C1. The minimum absolute atomic E-state index is 0.369. The molecule has 14 heavy (non-hydrogen) atoms. The van der Waals surface area contributed by atoms with Crippen LogP contribution in [0.2, 0.25) is 0 Å². The summed E-state index contributed by atoms with van der Waals surface area (Å²) in [5.74, 6) is 0. The molecule has 76 valence electrons. The van der Waals surface area contributed by atoms with Crippen molar-refractivity contribution in [3.05, 3.63) is 35.9 Å². The van der Waals surface area contributed by atoms with E-state index in [9.17, 15) is 0 Å². The van der Waals surface area contributed by atoms with Crippen LogP contribution < -0.4 is 0 Å². The van der Waals surface area contributed by atoms with Crippen LogP contribution in [-0.4, -0.2) is 25.0 Å². The molecule has 0 saturated carbocycles. The van der Waals surface area contributed by atoms with E-state index in [1.54, 1.807) is 0 Å². The van der Waals surface area contributed by atoms with E-state index in [-0.39, 0.29) is 0 Å². The molecule has 1 nitrogen and oxygen atoms in total. The van der Waals surface area contributed by atoms with Gasteiger partial charge in [-0.3, -0.25) is 0 Å². The van der Waals surface area contributed by atoms with Crippen molar-refractivity contribution < 1.29 is 0 Å². The molecule has 0 amide bonds. The van der Waals surface area contributed by atoms with Crippen LogP contribution in [0.15, 0.2) is 30.3 Å². The third kappa shape index (κ3) is 1.83. The number of hydrogen-bond acceptors (Lipinski definition) is 1.